The molecule has 0 radical (unpaired) electrons. The fourth-order valence-corrected chi connectivity index (χ4v) is 2.33. The molecule has 0 atom stereocenters. The standard InChI is InChI=1S/C16H16ClNO3/c1-11-8-12(5-7-21-2)10-13(9-11)18-6-3-4-14(18)15(19)16(17)20/h3-4,6,8-10H,5,7H2,1-2H3. The lowest BCUT2D eigenvalue weighted by molar-refractivity contribution is -0.108. The van der Waals surface area contributed by atoms with Gasteiger partial charge in [0.25, 0.3) is 11.0 Å². The topological polar surface area (TPSA) is 48.3 Å². The van der Waals surface area contributed by atoms with Gasteiger partial charge in [0.05, 0.1) is 12.3 Å². The number of Topliss-reactive ketones (excluding diaryl/α,β-unsaturated/α-hetero) is 1. The number of carbonyl (C=O) groups is 2. The molecular formula is C16H16ClNO3. The van der Waals surface area contributed by atoms with Crippen LogP contribution >= 0.6 is 11.6 Å². The van der Waals surface area contributed by atoms with E-state index in [4.69, 9.17) is 16.3 Å². The first-order valence-electron chi connectivity index (χ1n) is 6.54. The van der Waals surface area contributed by atoms with E-state index in [1.165, 1.54) is 0 Å². The molecule has 0 aliphatic rings. The van der Waals surface area contributed by atoms with Crippen LogP contribution in [0.25, 0.3) is 5.69 Å². The minimum absolute atomic E-state index is 0.262. The number of hydrogen-bond donors (Lipinski definition) is 0. The molecule has 0 aliphatic carbocycles. The second-order valence-corrected chi connectivity index (χ2v) is 5.13. The predicted octanol–water partition coefficient (Wildman–Crippen LogP) is 2.92. The second-order valence-electron chi connectivity index (χ2n) is 4.79. The molecule has 4 nitrogen and oxygen atoms in total. The second kappa shape index (κ2) is 6.70. The fourth-order valence-electron chi connectivity index (χ4n) is 2.24. The van der Waals surface area contributed by atoms with Crippen molar-refractivity contribution in [1.29, 1.82) is 0 Å². The molecule has 2 aromatic rings. The summed E-state index contributed by atoms with van der Waals surface area (Å²) in [5.41, 5.74) is 3.27. The van der Waals surface area contributed by atoms with Gasteiger partial charge in [-0.3, -0.25) is 9.59 Å². The number of aryl methyl sites for hydroxylation is 1. The van der Waals surface area contributed by atoms with Gasteiger partial charge in [0, 0.05) is 19.0 Å². The Labute approximate surface area is 128 Å². The van der Waals surface area contributed by atoms with Crippen LogP contribution in [0, 0.1) is 6.92 Å². The lowest BCUT2D eigenvalue weighted by Crippen LogP contribution is -2.13. The van der Waals surface area contributed by atoms with E-state index in [-0.39, 0.29) is 5.69 Å². The Morgan fingerprint density at radius 3 is 2.71 bits per heavy atom. The van der Waals surface area contributed by atoms with Gasteiger partial charge in [-0.15, -0.1) is 0 Å². The maximum Gasteiger partial charge on any atom is 0.294 e. The number of methoxy groups -OCH3 is 1. The van der Waals surface area contributed by atoms with Crippen molar-refractivity contribution in [3.05, 3.63) is 53.3 Å². The summed E-state index contributed by atoms with van der Waals surface area (Å²) >= 11 is 5.29. The van der Waals surface area contributed by atoms with Crippen molar-refractivity contribution in [2.75, 3.05) is 13.7 Å². The van der Waals surface area contributed by atoms with Gasteiger partial charge in [-0.1, -0.05) is 6.07 Å². The largest absolute Gasteiger partial charge is 0.384 e. The van der Waals surface area contributed by atoms with Crippen molar-refractivity contribution >= 4 is 22.6 Å². The van der Waals surface area contributed by atoms with E-state index in [2.05, 4.69) is 6.07 Å². The normalized spacial score (nSPS) is 10.6. The van der Waals surface area contributed by atoms with Crippen LogP contribution in [-0.2, 0) is 16.0 Å². The molecule has 1 aromatic heterocycles. The van der Waals surface area contributed by atoms with Gasteiger partial charge >= 0.3 is 0 Å². The summed E-state index contributed by atoms with van der Waals surface area (Å²) in [4.78, 5) is 22.9. The Morgan fingerprint density at radius 2 is 2.05 bits per heavy atom. The van der Waals surface area contributed by atoms with E-state index in [9.17, 15) is 9.59 Å². The molecule has 0 N–H and O–H groups in total. The van der Waals surface area contributed by atoms with E-state index in [1.807, 2.05) is 19.1 Å². The van der Waals surface area contributed by atoms with Crippen molar-refractivity contribution in [3.63, 3.8) is 0 Å². The highest BCUT2D eigenvalue weighted by Crippen LogP contribution is 2.18. The van der Waals surface area contributed by atoms with Crippen LogP contribution < -0.4 is 0 Å². The molecule has 1 aromatic carbocycles. The zero-order valence-corrected chi connectivity index (χ0v) is 12.7. The van der Waals surface area contributed by atoms with Gasteiger partial charge in [0.2, 0.25) is 0 Å². The third-order valence-electron chi connectivity index (χ3n) is 3.15. The summed E-state index contributed by atoms with van der Waals surface area (Å²) in [5, 5.41) is -0.984. The molecule has 0 saturated heterocycles. The first-order chi connectivity index (χ1) is 10.0. The predicted molar refractivity (Wildman–Crippen MR) is 81.3 cm³/mol. The molecular weight excluding hydrogens is 290 g/mol. The molecule has 0 spiro atoms. The molecule has 0 unspecified atom stereocenters. The van der Waals surface area contributed by atoms with Crippen LogP contribution in [0.3, 0.4) is 0 Å². The number of ketones is 1. The molecule has 0 bridgehead atoms. The van der Waals surface area contributed by atoms with E-state index >= 15 is 0 Å². The van der Waals surface area contributed by atoms with E-state index < -0.39 is 11.0 Å². The van der Waals surface area contributed by atoms with E-state index in [0.29, 0.717) is 6.61 Å². The zero-order chi connectivity index (χ0) is 15.4. The van der Waals surface area contributed by atoms with Crippen LogP contribution in [-0.4, -0.2) is 29.3 Å². The molecule has 0 saturated carbocycles. The van der Waals surface area contributed by atoms with Gasteiger partial charge in [0.1, 0.15) is 0 Å². The highest BCUT2D eigenvalue weighted by molar-refractivity contribution is 6.83. The number of ether oxygens (including phenoxy) is 1. The number of rotatable bonds is 6. The van der Waals surface area contributed by atoms with Crippen molar-refractivity contribution in [2.24, 2.45) is 0 Å². The quantitative estimate of drug-likeness (QED) is 0.468. The number of benzene rings is 1. The number of nitrogens with zero attached hydrogens (tertiary/aromatic N) is 1. The maximum atomic E-state index is 11.8. The summed E-state index contributed by atoms with van der Waals surface area (Å²) in [6.07, 6.45) is 2.52. The molecule has 0 aliphatic heterocycles. The molecule has 5 heteroatoms. The van der Waals surface area contributed by atoms with E-state index in [1.54, 1.807) is 30.0 Å². The molecule has 1 heterocycles. The Kier molecular flexibility index (Phi) is 4.94. The third kappa shape index (κ3) is 3.60. The van der Waals surface area contributed by atoms with Gasteiger partial charge in [-0.25, -0.2) is 0 Å². The first kappa shape index (κ1) is 15.5. The van der Waals surface area contributed by atoms with Gasteiger partial charge in [0.15, 0.2) is 0 Å². The van der Waals surface area contributed by atoms with Crippen molar-refractivity contribution < 1.29 is 14.3 Å². The first-order valence-corrected chi connectivity index (χ1v) is 6.92. The smallest absolute Gasteiger partial charge is 0.294 e. The third-order valence-corrected chi connectivity index (χ3v) is 3.33. The van der Waals surface area contributed by atoms with Gasteiger partial charge in [-0.05, 0) is 60.3 Å². The minimum atomic E-state index is -0.984. The Hall–Kier alpha value is -1.91. The van der Waals surface area contributed by atoms with Crippen LogP contribution in [0.2, 0.25) is 0 Å². The number of hydrogen-bond acceptors (Lipinski definition) is 3. The van der Waals surface area contributed by atoms with Crippen LogP contribution in [0.1, 0.15) is 21.6 Å². The average molecular weight is 306 g/mol. The Bertz CT molecular complexity index is 676. The SMILES string of the molecule is COCCc1cc(C)cc(-n2cccc2C(=O)C(=O)Cl)c1. The van der Waals surface area contributed by atoms with Crippen LogP contribution in [0.5, 0.6) is 0 Å². The molecule has 110 valence electrons. The summed E-state index contributed by atoms with van der Waals surface area (Å²) in [7, 11) is 1.66. The van der Waals surface area contributed by atoms with E-state index in [0.717, 1.165) is 23.2 Å². The highest BCUT2D eigenvalue weighted by atomic mass is 35.5. The molecule has 2 rings (SSSR count). The Morgan fingerprint density at radius 1 is 1.29 bits per heavy atom. The number of carbonyl (C=O) groups excluding carboxylic acids is 2. The van der Waals surface area contributed by atoms with Gasteiger partial charge < -0.3 is 9.30 Å². The number of halogens is 1. The van der Waals surface area contributed by atoms with Crippen LogP contribution in [0.4, 0.5) is 0 Å². The molecule has 0 amide bonds. The highest BCUT2D eigenvalue weighted by Gasteiger charge is 2.18. The summed E-state index contributed by atoms with van der Waals surface area (Å²) < 4.78 is 6.76. The average Bonchev–Trinajstić information content (AvgIpc) is 2.92. The number of aromatic nitrogens is 1. The lowest BCUT2D eigenvalue weighted by atomic mass is 10.1. The molecule has 0 fully saturated rings. The summed E-state index contributed by atoms with van der Waals surface area (Å²) in [5.74, 6) is -0.707. The monoisotopic (exact) mass is 305 g/mol. The zero-order valence-electron chi connectivity index (χ0n) is 11.9. The molecule has 21 heavy (non-hydrogen) atoms. The summed E-state index contributed by atoms with van der Waals surface area (Å²) in [6.45, 7) is 2.61. The van der Waals surface area contributed by atoms with Crippen molar-refractivity contribution in [2.45, 2.75) is 13.3 Å². The minimum Gasteiger partial charge on any atom is -0.384 e. The van der Waals surface area contributed by atoms with Crippen molar-refractivity contribution in [1.82, 2.24) is 4.57 Å². The van der Waals surface area contributed by atoms with Gasteiger partial charge in [-0.2, -0.15) is 0 Å². The Balaban J connectivity index is 2.43. The lowest BCUT2D eigenvalue weighted by Gasteiger charge is -2.11. The summed E-state index contributed by atoms with van der Waals surface area (Å²) in [6, 6.07) is 9.29. The maximum absolute atomic E-state index is 11.8. The fraction of sp³-hybridized carbons (Fsp3) is 0.250. The van der Waals surface area contributed by atoms with Crippen molar-refractivity contribution in [3.8, 4) is 5.69 Å². The van der Waals surface area contributed by atoms with Crippen LogP contribution in [0.15, 0.2) is 36.5 Å².